The first kappa shape index (κ1) is 16.1. The number of halogens is 1. The number of aryl methyl sites for hydroxylation is 1. The van der Waals surface area contributed by atoms with Crippen molar-refractivity contribution in [3.63, 3.8) is 0 Å². The Morgan fingerprint density at radius 2 is 1.87 bits per heavy atom. The fourth-order valence-electron chi connectivity index (χ4n) is 2.89. The number of aromatic nitrogens is 1. The molecule has 0 unspecified atom stereocenters. The van der Waals surface area contributed by atoms with Gasteiger partial charge in [-0.3, -0.25) is 0 Å². The van der Waals surface area contributed by atoms with E-state index in [4.69, 9.17) is 9.72 Å². The fourth-order valence-corrected chi connectivity index (χ4v) is 3.32. The average molecular weight is 378 g/mol. The minimum Gasteiger partial charge on any atom is -0.450 e. The van der Waals surface area contributed by atoms with Crippen LogP contribution in [0.4, 0.5) is 10.6 Å². The molecule has 1 aliphatic rings. The van der Waals surface area contributed by atoms with Crippen molar-refractivity contribution in [1.29, 1.82) is 0 Å². The van der Waals surface area contributed by atoms with Crippen molar-refractivity contribution in [2.75, 3.05) is 37.7 Å². The van der Waals surface area contributed by atoms with E-state index in [1.165, 1.54) is 5.39 Å². The standard InChI is InChI=1S/C17H20BrN3O2/c1-3-23-17(22)21-10-8-20(9-11-21)16-14-7-5-4-6-13(14)15(18)12(2)19-16/h4-7H,3,8-11H2,1-2H3. The van der Waals surface area contributed by atoms with Gasteiger partial charge in [0.1, 0.15) is 5.82 Å². The van der Waals surface area contributed by atoms with Gasteiger partial charge in [-0.15, -0.1) is 0 Å². The molecule has 6 heteroatoms. The van der Waals surface area contributed by atoms with Crippen molar-refractivity contribution in [3.8, 4) is 0 Å². The molecular weight excluding hydrogens is 358 g/mol. The van der Waals surface area contributed by atoms with Crippen LogP contribution in [-0.4, -0.2) is 48.8 Å². The molecule has 0 aliphatic carbocycles. The molecule has 1 amide bonds. The van der Waals surface area contributed by atoms with Gasteiger partial charge in [-0.1, -0.05) is 24.3 Å². The van der Waals surface area contributed by atoms with Crippen LogP contribution in [0.2, 0.25) is 0 Å². The van der Waals surface area contributed by atoms with Gasteiger partial charge < -0.3 is 14.5 Å². The second-order valence-electron chi connectivity index (χ2n) is 5.55. The van der Waals surface area contributed by atoms with Crippen LogP contribution >= 0.6 is 15.9 Å². The fraction of sp³-hybridized carbons (Fsp3) is 0.412. The van der Waals surface area contributed by atoms with Crippen LogP contribution in [0, 0.1) is 6.92 Å². The third-order valence-corrected chi connectivity index (χ3v) is 5.10. The number of pyridine rings is 1. The molecule has 1 saturated heterocycles. The number of anilines is 1. The Morgan fingerprint density at radius 3 is 2.52 bits per heavy atom. The summed E-state index contributed by atoms with van der Waals surface area (Å²) in [7, 11) is 0. The number of hydrogen-bond donors (Lipinski definition) is 0. The maximum Gasteiger partial charge on any atom is 0.409 e. The first-order valence-electron chi connectivity index (χ1n) is 7.83. The van der Waals surface area contributed by atoms with Gasteiger partial charge in [0.2, 0.25) is 0 Å². The Hall–Kier alpha value is -1.82. The van der Waals surface area contributed by atoms with Crippen LogP contribution in [0.1, 0.15) is 12.6 Å². The number of benzene rings is 1. The molecular formula is C17H20BrN3O2. The van der Waals surface area contributed by atoms with E-state index in [0.717, 1.165) is 34.5 Å². The average Bonchev–Trinajstić information content (AvgIpc) is 2.58. The number of rotatable bonds is 2. The molecule has 0 saturated carbocycles. The largest absolute Gasteiger partial charge is 0.450 e. The molecule has 0 spiro atoms. The van der Waals surface area contributed by atoms with Gasteiger partial charge >= 0.3 is 6.09 Å². The zero-order valence-electron chi connectivity index (χ0n) is 13.4. The van der Waals surface area contributed by atoms with E-state index in [0.29, 0.717) is 19.7 Å². The molecule has 3 rings (SSSR count). The second-order valence-corrected chi connectivity index (χ2v) is 6.35. The number of ether oxygens (including phenoxy) is 1. The highest BCUT2D eigenvalue weighted by atomic mass is 79.9. The SMILES string of the molecule is CCOC(=O)N1CCN(c2nc(C)c(Br)c3ccccc23)CC1. The van der Waals surface area contributed by atoms with E-state index in [1.54, 1.807) is 4.90 Å². The van der Waals surface area contributed by atoms with Gasteiger partial charge in [-0.25, -0.2) is 9.78 Å². The Kier molecular flexibility index (Phi) is 4.71. The Morgan fingerprint density at radius 1 is 1.22 bits per heavy atom. The van der Waals surface area contributed by atoms with E-state index >= 15 is 0 Å². The maximum absolute atomic E-state index is 11.8. The predicted octanol–water partition coefficient (Wildman–Crippen LogP) is 3.58. The summed E-state index contributed by atoms with van der Waals surface area (Å²) in [4.78, 5) is 20.6. The zero-order chi connectivity index (χ0) is 16.4. The summed E-state index contributed by atoms with van der Waals surface area (Å²) in [6, 6.07) is 8.27. The molecule has 0 radical (unpaired) electrons. The van der Waals surface area contributed by atoms with E-state index in [2.05, 4.69) is 33.0 Å². The highest BCUT2D eigenvalue weighted by Gasteiger charge is 2.24. The highest BCUT2D eigenvalue weighted by molar-refractivity contribution is 9.10. The van der Waals surface area contributed by atoms with Crippen LogP contribution in [0.15, 0.2) is 28.7 Å². The van der Waals surface area contributed by atoms with Crippen LogP contribution in [-0.2, 0) is 4.74 Å². The van der Waals surface area contributed by atoms with Crippen molar-refractivity contribution in [3.05, 3.63) is 34.4 Å². The smallest absolute Gasteiger partial charge is 0.409 e. The predicted molar refractivity (Wildman–Crippen MR) is 95.0 cm³/mol. The second kappa shape index (κ2) is 6.74. The highest BCUT2D eigenvalue weighted by Crippen LogP contribution is 2.33. The third-order valence-electron chi connectivity index (χ3n) is 4.10. The molecule has 5 nitrogen and oxygen atoms in total. The van der Waals surface area contributed by atoms with E-state index in [9.17, 15) is 4.79 Å². The lowest BCUT2D eigenvalue weighted by atomic mass is 10.1. The normalized spacial score (nSPS) is 15.1. The van der Waals surface area contributed by atoms with Crippen molar-refractivity contribution < 1.29 is 9.53 Å². The Labute approximate surface area is 144 Å². The molecule has 122 valence electrons. The molecule has 1 aromatic carbocycles. The summed E-state index contributed by atoms with van der Waals surface area (Å²) in [5, 5.41) is 2.30. The number of piperazine rings is 1. The van der Waals surface area contributed by atoms with Gasteiger partial charge in [-0.05, 0) is 29.8 Å². The molecule has 1 aromatic heterocycles. The number of carbonyl (C=O) groups excluding carboxylic acids is 1. The Balaban J connectivity index is 1.85. The number of nitrogens with zero attached hydrogens (tertiary/aromatic N) is 3. The molecule has 0 bridgehead atoms. The summed E-state index contributed by atoms with van der Waals surface area (Å²) in [5.74, 6) is 0.991. The van der Waals surface area contributed by atoms with Crippen molar-refractivity contribution in [1.82, 2.24) is 9.88 Å². The van der Waals surface area contributed by atoms with Gasteiger partial charge in [0.25, 0.3) is 0 Å². The first-order chi connectivity index (χ1) is 11.1. The quantitative estimate of drug-likeness (QED) is 0.802. The maximum atomic E-state index is 11.8. The van der Waals surface area contributed by atoms with Crippen molar-refractivity contribution >= 4 is 38.6 Å². The van der Waals surface area contributed by atoms with Gasteiger partial charge in [0.15, 0.2) is 0 Å². The van der Waals surface area contributed by atoms with Crippen LogP contribution < -0.4 is 4.90 Å². The molecule has 0 N–H and O–H groups in total. The molecule has 2 heterocycles. The van der Waals surface area contributed by atoms with E-state index in [-0.39, 0.29) is 6.09 Å². The first-order valence-corrected chi connectivity index (χ1v) is 8.62. The number of amides is 1. The monoisotopic (exact) mass is 377 g/mol. The van der Waals surface area contributed by atoms with Crippen LogP contribution in [0.3, 0.4) is 0 Å². The summed E-state index contributed by atoms with van der Waals surface area (Å²) in [6.07, 6.45) is -0.225. The number of fused-ring (bicyclic) bond motifs is 1. The lowest BCUT2D eigenvalue weighted by molar-refractivity contribution is 0.105. The summed E-state index contributed by atoms with van der Waals surface area (Å²) < 4.78 is 6.12. The van der Waals surface area contributed by atoms with Crippen molar-refractivity contribution in [2.45, 2.75) is 13.8 Å². The van der Waals surface area contributed by atoms with Gasteiger partial charge in [0.05, 0.1) is 12.3 Å². The minimum atomic E-state index is -0.225. The number of carbonyl (C=O) groups is 1. The van der Waals surface area contributed by atoms with E-state index < -0.39 is 0 Å². The zero-order valence-corrected chi connectivity index (χ0v) is 15.0. The molecule has 2 aromatic rings. The van der Waals surface area contributed by atoms with Crippen LogP contribution in [0.25, 0.3) is 10.8 Å². The molecule has 0 atom stereocenters. The van der Waals surface area contributed by atoms with Crippen LogP contribution in [0.5, 0.6) is 0 Å². The molecule has 1 fully saturated rings. The topological polar surface area (TPSA) is 45.7 Å². The van der Waals surface area contributed by atoms with E-state index in [1.807, 2.05) is 26.0 Å². The van der Waals surface area contributed by atoms with Crippen molar-refractivity contribution in [2.24, 2.45) is 0 Å². The summed E-state index contributed by atoms with van der Waals surface area (Å²) in [5.41, 5.74) is 0.978. The summed E-state index contributed by atoms with van der Waals surface area (Å²) >= 11 is 3.63. The minimum absolute atomic E-state index is 0.225. The van der Waals surface area contributed by atoms with Gasteiger partial charge in [0, 0.05) is 41.4 Å². The third kappa shape index (κ3) is 3.13. The Bertz CT molecular complexity index is 727. The lowest BCUT2D eigenvalue weighted by Gasteiger charge is -2.35. The molecule has 23 heavy (non-hydrogen) atoms. The van der Waals surface area contributed by atoms with Gasteiger partial charge in [-0.2, -0.15) is 0 Å². The summed E-state index contributed by atoms with van der Waals surface area (Å²) in [6.45, 7) is 7.09. The lowest BCUT2D eigenvalue weighted by Crippen LogP contribution is -2.49. The number of hydrogen-bond acceptors (Lipinski definition) is 4. The molecule has 1 aliphatic heterocycles.